The lowest BCUT2D eigenvalue weighted by molar-refractivity contribution is 0.218. The summed E-state index contributed by atoms with van der Waals surface area (Å²) < 4.78 is 0. The van der Waals surface area contributed by atoms with Crippen molar-refractivity contribution in [1.82, 2.24) is 0 Å². The standard InChI is InChI=1S/C16H21Cl3/c1-10(2)11-6-7-14(17)13(8-11)9-12-4-3-5-15(18)16(12)19/h3-5,10-11,13-14H,6-9H2,1-2H3. The van der Waals surface area contributed by atoms with Gasteiger partial charge < -0.3 is 0 Å². The molecule has 1 saturated carbocycles. The molecule has 3 atom stereocenters. The number of rotatable bonds is 3. The maximum Gasteiger partial charge on any atom is 0.0624 e. The van der Waals surface area contributed by atoms with Crippen LogP contribution in [-0.4, -0.2) is 5.38 Å². The Kier molecular flexibility index (Phi) is 5.45. The van der Waals surface area contributed by atoms with Crippen molar-refractivity contribution < 1.29 is 0 Å². The highest BCUT2D eigenvalue weighted by Gasteiger charge is 2.31. The van der Waals surface area contributed by atoms with Gasteiger partial charge in [-0.1, -0.05) is 49.2 Å². The SMILES string of the molecule is CC(C)C1CCC(Cl)C(Cc2cccc(Cl)c2Cl)C1. The zero-order chi connectivity index (χ0) is 14.0. The average Bonchev–Trinajstić information content (AvgIpc) is 2.37. The van der Waals surface area contributed by atoms with Crippen LogP contribution in [0.4, 0.5) is 0 Å². The van der Waals surface area contributed by atoms with Crippen molar-refractivity contribution in [3.05, 3.63) is 33.8 Å². The van der Waals surface area contributed by atoms with Crippen LogP contribution in [0, 0.1) is 17.8 Å². The maximum absolute atomic E-state index is 6.52. The molecule has 0 heterocycles. The van der Waals surface area contributed by atoms with Crippen molar-refractivity contribution in [2.75, 3.05) is 0 Å². The summed E-state index contributed by atoms with van der Waals surface area (Å²) in [4.78, 5) is 0. The fourth-order valence-corrected chi connectivity index (χ4v) is 3.78. The van der Waals surface area contributed by atoms with Gasteiger partial charge >= 0.3 is 0 Å². The van der Waals surface area contributed by atoms with Gasteiger partial charge in [-0.2, -0.15) is 0 Å². The lowest BCUT2D eigenvalue weighted by Gasteiger charge is -2.35. The van der Waals surface area contributed by atoms with E-state index in [1.807, 2.05) is 12.1 Å². The minimum Gasteiger partial charge on any atom is -0.123 e. The molecule has 3 heteroatoms. The fraction of sp³-hybridized carbons (Fsp3) is 0.625. The van der Waals surface area contributed by atoms with Crippen LogP contribution in [0.15, 0.2) is 18.2 Å². The second-order valence-corrected chi connectivity index (χ2v) is 7.36. The number of halogens is 3. The number of hydrogen-bond donors (Lipinski definition) is 0. The third kappa shape index (κ3) is 3.80. The van der Waals surface area contributed by atoms with Gasteiger partial charge in [0.2, 0.25) is 0 Å². The molecular formula is C16H21Cl3. The second kappa shape index (κ2) is 6.70. The van der Waals surface area contributed by atoms with Crippen molar-refractivity contribution in [2.45, 2.75) is 44.9 Å². The van der Waals surface area contributed by atoms with Gasteiger partial charge in [0.1, 0.15) is 0 Å². The lowest BCUT2D eigenvalue weighted by atomic mass is 9.74. The molecule has 3 unspecified atom stereocenters. The average molecular weight is 320 g/mol. The topological polar surface area (TPSA) is 0 Å². The van der Waals surface area contributed by atoms with Gasteiger partial charge in [-0.05, 0) is 55.1 Å². The van der Waals surface area contributed by atoms with E-state index in [9.17, 15) is 0 Å². The summed E-state index contributed by atoms with van der Waals surface area (Å²) in [6.07, 6.45) is 4.52. The van der Waals surface area contributed by atoms with Crippen LogP contribution in [0.5, 0.6) is 0 Å². The normalized spacial score (nSPS) is 27.8. The van der Waals surface area contributed by atoms with E-state index in [0.717, 1.165) is 30.2 Å². The van der Waals surface area contributed by atoms with E-state index in [1.54, 1.807) is 0 Å². The quantitative estimate of drug-likeness (QED) is 0.580. The molecule has 0 amide bonds. The first-order valence-corrected chi connectivity index (χ1v) is 8.25. The van der Waals surface area contributed by atoms with Gasteiger partial charge in [0, 0.05) is 5.38 Å². The van der Waals surface area contributed by atoms with Crippen LogP contribution in [0.3, 0.4) is 0 Å². The molecule has 0 spiro atoms. The summed E-state index contributed by atoms with van der Waals surface area (Å²) in [6, 6.07) is 5.87. The number of hydrogen-bond acceptors (Lipinski definition) is 0. The van der Waals surface area contributed by atoms with E-state index in [4.69, 9.17) is 34.8 Å². The van der Waals surface area contributed by atoms with Gasteiger partial charge in [-0.25, -0.2) is 0 Å². The van der Waals surface area contributed by atoms with E-state index in [0.29, 0.717) is 16.0 Å². The zero-order valence-corrected chi connectivity index (χ0v) is 13.8. The monoisotopic (exact) mass is 318 g/mol. The van der Waals surface area contributed by atoms with E-state index >= 15 is 0 Å². The summed E-state index contributed by atoms with van der Waals surface area (Å²) in [5, 5.41) is 1.60. The summed E-state index contributed by atoms with van der Waals surface area (Å²) in [7, 11) is 0. The molecule has 1 aliphatic rings. The van der Waals surface area contributed by atoms with Crippen LogP contribution in [0.25, 0.3) is 0 Å². The molecule has 0 N–H and O–H groups in total. The highest BCUT2D eigenvalue weighted by Crippen LogP contribution is 2.39. The van der Waals surface area contributed by atoms with Crippen LogP contribution < -0.4 is 0 Å². The molecule has 1 aromatic rings. The minimum atomic E-state index is 0.269. The van der Waals surface area contributed by atoms with E-state index < -0.39 is 0 Å². The number of benzene rings is 1. The molecule has 0 nitrogen and oxygen atoms in total. The van der Waals surface area contributed by atoms with Gasteiger partial charge in [0.15, 0.2) is 0 Å². The van der Waals surface area contributed by atoms with E-state index in [-0.39, 0.29) is 5.38 Å². The molecule has 0 saturated heterocycles. The third-order valence-corrected chi connectivity index (χ3v) is 5.82. The van der Waals surface area contributed by atoms with Gasteiger partial charge in [0.05, 0.1) is 10.0 Å². The zero-order valence-electron chi connectivity index (χ0n) is 11.5. The van der Waals surface area contributed by atoms with Crippen molar-refractivity contribution in [2.24, 2.45) is 17.8 Å². The first-order valence-electron chi connectivity index (χ1n) is 7.06. The molecule has 1 fully saturated rings. The third-order valence-electron chi connectivity index (χ3n) is 4.39. The van der Waals surface area contributed by atoms with Gasteiger partial charge in [-0.3, -0.25) is 0 Å². The highest BCUT2D eigenvalue weighted by atomic mass is 35.5. The van der Waals surface area contributed by atoms with E-state index in [2.05, 4.69) is 19.9 Å². The molecule has 1 aliphatic carbocycles. The van der Waals surface area contributed by atoms with Crippen molar-refractivity contribution in [3.8, 4) is 0 Å². The van der Waals surface area contributed by atoms with Crippen LogP contribution in [0.2, 0.25) is 10.0 Å². The molecule has 2 rings (SSSR count). The Balaban J connectivity index is 2.10. The van der Waals surface area contributed by atoms with Gasteiger partial charge in [-0.15, -0.1) is 11.6 Å². The Labute approximate surface area is 131 Å². The Hall–Kier alpha value is 0.0900. The van der Waals surface area contributed by atoms with Crippen molar-refractivity contribution >= 4 is 34.8 Å². The molecular weight excluding hydrogens is 299 g/mol. The summed E-state index contributed by atoms with van der Waals surface area (Å²) >= 11 is 18.9. The smallest absolute Gasteiger partial charge is 0.0624 e. The molecule has 19 heavy (non-hydrogen) atoms. The largest absolute Gasteiger partial charge is 0.123 e. The summed E-state index contributed by atoms with van der Waals surface area (Å²) in [6.45, 7) is 4.62. The molecule has 1 aromatic carbocycles. The van der Waals surface area contributed by atoms with Gasteiger partial charge in [0.25, 0.3) is 0 Å². The van der Waals surface area contributed by atoms with Crippen LogP contribution >= 0.6 is 34.8 Å². The first kappa shape index (κ1) is 15.5. The molecule has 0 aromatic heterocycles. The lowest BCUT2D eigenvalue weighted by Crippen LogP contribution is -2.29. The predicted octanol–water partition coefficient (Wildman–Crippen LogP) is 6.22. The van der Waals surface area contributed by atoms with E-state index in [1.165, 1.54) is 12.8 Å². The van der Waals surface area contributed by atoms with Crippen LogP contribution in [-0.2, 0) is 6.42 Å². The summed E-state index contributed by atoms with van der Waals surface area (Å²) in [5.41, 5.74) is 1.13. The Morgan fingerprint density at radius 1 is 1.21 bits per heavy atom. The first-order chi connectivity index (χ1) is 8.99. The highest BCUT2D eigenvalue weighted by molar-refractivity contribution is 6.42. The fourth-order valence-electron chi connectivity index (χ4n) is 3.07. The maximum atomic E-state index is 6.52. The molecule has 106 valence electrons. The molecule has 0 bridgehead atoms. The molecule has 0 aliphatic heterocycles. The molecule has 0 radical (unpaired) electrons. The predicted molar refractivity (Wildman–Crippen MR) is 85.5 cm³/mol. The Morgan fingerprint density at radius 2 is 1.95 bits per heavy atom. The number of alkyl halides is 1. The second-order valence-electron chi connectivity index (χ2n) is 6.01. The van der Waals surface area contributed by atoms with Crippen LogP contribution in [0.1, 0.15) is 38.7 Å². The Bertz CT molecular complexity index is 428. The van der Waals surface area contributed by atoms with Crippen molar-refractivity contribution in [3.63, 3.8) is 0 Å². The summed E-state index contributed by atoms with van der Waals surface area (Å²) in [5.74, 6) is 2.04. The Morgan fingerprint density at radius 3 is 2.63 bits per heavy atom. The minimum absolute atomic E-state index is 0.269. The van der Waals surface area contributed by atoms with Crippen molar-refractivity contribution in [1.29, 1.82) is 0 Å².